The van der Waals surface area contributed by atoms with Crippen LogP contribution in [0.1, 0.15) is 30.1 Å². The molecule has 4 rings (SSSR count). The van der Waals surface area contributed by atoms with E-state index in [-0.39, 0.29) is 29.3 Å². The predicted molar refractivity (Wildman–Crippen MR) is 109 cm³/mol. The fourth-order valence-corrected chi connectivity index (χ4v) is 4.19. The van der Waals surface area contributed by atoms with E-state index in [0.29, 0.717) is 31.2 Å². The Labute approximate surface area is 172 Å². The maximum absolute atomic E-state index is 15.2. The Morgan fingerprint density at radius 3 is 2.70 bits per heavy atom. The molecule has 0 bridgehead atoms. The zero-order chi connectivity index (χ0) is 21.6. The van der Waals surface area contributed by atoms with Gasteiger partial charge in [-0.1, -0.05) is 0 Å². The van der Waals surface area contributed by atoms with Crippen molar-refractivity contribution in [1.82, 2.24) is 9.88 Å². The van der Waals surface area contributed by atoms with Crippen LogP contribution >= 0.6 is 0 Å². The molecule has 0 radical (unpaired) electrons. The van der Waals surface area contributed by atoms with Crippen molar-refractivity contribution in [2.45, 2.75) is 38.5 Å². The van der Waals surface area contributed by atoms with Gasteiger partial charge in [0.1, 0.15) is 17.4 Å². The summed E-state index contributed by atoms with van der Waals surface area (Å²) in [4.78, 5) is 25.7. The van der Waals surface area contributed by atoms with Gasteiger partial charge < -0.3 is 24.6 Å². The van der Waals surface area contributed by atoms with Crippen molar-refractivity contribution in [1.29, 1.82) is 0 Å². The molecular weight excluding hydrogens is 396 g/mol. The normalized spacial score (nSPS) is 21.4. The molecule has 9 heteroatoms. The number of benzene rings is 1. The Kier molecular flexibility index (Phi) is 5.40. The largest absolute Gasteiger partial charge is 0.492 e. The minimum atomic E-state index is -1.38. The number of fused-ring (bicyclic) bond motifs is 1. The van der Waals surface area contributed by atoms with Crippen molar-refractivity contribution < 1.29 is 23.4 Å². The van der Waals surface area contributed by atoms with Crippen LogP contribution in [0.4, 0.5) is 14.5 Å². The van der Waals surface area contributed by atoms with Gasteiger partial charge >= 0.3 is 5.97 Å². The first-order valence-electron chi connectivity index (χ1n) is 10.1. The Morgan fingerprint density at radius 1 is 1.37 bits per heavy atom. The zero-order valence-corrected chi connectivity index (χ0v) is 17.0. The third kappa shape index (κ3) is 3.51. The van der Waals surface area contributed by atoms with Crippen LogP contribution in [0.2, 0.25) is 0 Å². The maximum atomic E-state index is 15.2. The molecule has 0 amide bonds. The van der Waals surface area contributed by atoms with E-state index >= 15 is 4.39 Å². The lowest BCUT2D eigenvalue weighted by atomic mass is 10.1. The molecule has 2 fully saturated rings. The molecule has 0 unspecified atom stereocenters. The zero-order valence-electron chi connectivity index (χ0n) is 17.0. The fraction of sp³-hybridized carbons (Fsp3) is 0.524. The number of nitrogens with one attached hydrogen (secondary N) is 1. The molecule has 2 aromatic rings. The Morgan fingerprint density at radius 2 is 2.10 bits per heavy atom. The highest BCUT2D eigenvalue weighted by Crippen LogP contribution is 2.40. The summed E-state index contributed by atoms with van der Waals surface area (Å²) < 4.78 is 36.9. The Bertz CT molecular complexity index is 1050. The molecule has 1 aromatic heterocycles. The van der Waals surface area contributed by atoms with Gasteiger partial charge in [-0.3, -0.25) is 4.79 Å². The van der Waals surface area contributed by atoms with Gasteiger partial charge in [-0.25, -0.2) is 13.6 Å². The second-order valence-corrected chi connectivity index (χ2v) is 7.96. The van der Waals surface area contributed by atoms with E-state index in [2.05, 4.69) is 5.32 Å². The second kappa shape index (κ2) is 7.86. The summed E-state index contributed by atoms with van der Waals surface area (Å²) in [5, 5.41) is 12.6. The molecule has 2 atom stereocenters. The average molecular weight is 421 g/mol. The van der Waals surface area contributed by atoms with Crippen LogP contribution in [0, 0.1) is 11.7 Å². The summed E-state index contributed by atoms with van der Waals surface area (Å²) in [7, 11) is 1.36. The first-order valence-corrected chi connectivity index (χ1v) is 10.1. The molecule has 2 aliphatic rings. The first kappa shape index (κ1) is 20.6. The first-order chi connectivity index (χ1) is 14.3. The Hall–Kier alpha value is -2.68. The van der Waals surface area contributed by atoms with Crippen LogP contribution in [0.3, 0.4) is 0 Å². The summed E-state index contributed by atoms with van der Waals surface area (Å²) >= 11 is 0. The van der Waals surface area contributed by atoms with E-state index in [1.165, 1.54) is 13.3 Å². The van der Waals surface area contributed by atoms with Crippen molar-refractivity contribution in [3.63, 3.8) is 0 Å². The molecule has 1 aromatic carbocycles. The number of alkyl halides is 1. The van der Waals surface area contributed by atoms with Gasteiger partial charge in [-0.2, -0.15) is 0 Å². The SMILES string of the molecule is CCn1cc(C(=O)O)c(=O)c2cc(F)c(N3C[C@@H](CNC4CC4)[C@H](F)C3)c(OC)c21. The molecule has 2 N–H and O–H groups in total. The quantitative estimate of drug-likeness (QED) is 0.714. The molecule has 1 saturated heterocycles. The number of nitrogens with zero attached hydrogens (tertiary/aromatic N) is 2. The highest BCUT2D eigenvalue weighted by atomic mass is 19.1. The molecule has 7 nitrogen and oxygen atoms in total. The van der Waals surface area contributed by atoms with Gasteiger partial charge in [0.2, 0.25) is 5.43 Å². The smallest absolute Gasteiger partial charge is 0.341 e. The van der Waals surface area contributed by atoms with Gasteiger partial charge in [-0.15, -0.1) is 0 Å². The minimum absolute atomic E-state index is 0.0271. The lowest BCUT2D eigenvalue weighted by Gasteiger charge is -2.24. The number of rotatable bonds is 7. The number of aryl methyl sites for hydroxylation is 1. The summed E-state index contributed by atoms with van der Waals surface area (Å²) in [6.07, 6.45) is 2.33. The lowest BCUT2D eigenvalue weighted by molar-refractivity contribution is 0.0695. The highest BCUT2D eigenvalue weighted by Gasteiger charge is 2.37. The number of hydrogen-bond acceptors (Lipinski definition) is 5. The third-order valence-electron chi connectivity index (χ3n) is 5.94. The number of aromatic carboxylic acids is 1. The molecule has 1 saturated carbocycles. The van der Waals surface area contributed by atoms with Gasteiger partial charge in [0, 0.05) is 44.3 Å². The van der Waals surface area contributed by atoms with Crippen LogP contribution in [-0.4, -0.2) is 54.6 Å². The van der Waals surface area contributed by atoms with Crippen LogP contribution in [0.5, 0.6) is 5.75 Å². The van der Waals surface area contributed by atoms with Crippen LogP contribution in [0.25, 0.3) is 10.9 Å². The standard InChI is InChI=1S/C21H25F2N3O4/c1-3-25-9-14(21(28)29)19(27)13-6-15(22)18(20(30-2)17(13)25)26-8-11(16(23)10-26)7-24-12-4-5-12/h6,9,11-12,16,24H,3-5,7-8,10H2,1-2H3,(H,28,29)/t11-,16-/m1/s1. The molecule has 2 heterocycles. The number of aromatic nitrogens is 1. The summed E-state index contributed by atoms with van der Waals surface area (Å²) in [6, 6.07) is 1.50. The molecule has 0 spiro atoms. The van der Waals surface area contributed by atoms with Crippen molar-refractivity contribution in [3.8, 4) is 5.75 Å². The van der Waals surface area contributed by atoms with Crippen molar-refractivity contribution in [2.75, 3.05) is 31.6 Å². The number of hydrogen-bond donors (Lipinski definition) is 2. The van der Waals surface area contributed by atoms with Crippen molar-refractivity contribution >= 4 is 22.6 Å². The highest BCUT2D eigenvalue weighted by molar-refractivity contribution is 5.97. The summed E-state index contributed by atoms with van der Waals surface area (Å²) in [5.41, 5.74) is -0.801. The number of ether oxygens (including phenoxy) is 1. The molecule has 1 aliphatic heterocycles. The van der Waals surface area contributed by atoms with Crippen molar-refractivity contribution in [3.05, 3.63) is 33.9 Å². The van der Waals surface area contributed by atoms with Gasteiger partial charge in [0.15, 0.2) is 11.6 Å². The van der Waals surface area contributed by atoms with Crippen molar-refractivity contribution in [2.24, 2.45) is 5.92 Å². The van der Waals surface area contributed by atoms with E-state index < -0.39 is 29.0 Å². The number of anilines is 1. The molecule has 1 aliphatic carbocycles. The topological polar surface area (TPSA) is 83.8 Å². The number of methoxy groups -OCH3 is 1. The number of pyridine rings is 1. The van der Waals surface area contributed by atoms with Gasteiger partial charge in [0.25, 0.3) is 0 Å². The van der Waals surface area contributed by atoms with E-state index in [0.717, 1.165) is 18.9 Å². The maximum Gasteiger partial charge on any atom is 0.341 e. The number of carboxylic acids is 1. The predicted octanol–water partition coefficient (Wildman–Crippen LogP) is 2.39. The second-order valence-electron chi connectivity index (χ2n) is 7.96. The van der Waals surface area contributed by atoms with E-state index in [1.54, 1.807) is 16.4 Å². The van der Waals surface area contributed by atoms with E-state index in [4.69, 9.17) is 4.74 Å². The summed E-state index contributed by atoms with van der Waals surface area (Å²) in [5.74, 6) is -2.26. The monoisotopic (exact) mass is 421 g/mol. The molecule has 162 valence electrons. The van der Waals surface area contributed by atoms with Crippen LogP contribution in [-0.2, 0) is 6.54 Å². The number of carbonyl (C=O) groups is 1. The average Bonchev–Trinajstić information content (AvgIpc) is 3.47. The number of halogens is 2. The van der Waals surface area contributed by atoms with Gasteiger partial charge in [-0.05, 0) is 25.8 Å². The molecular formula is C21H25F2N3O4. The van der Waals surface area contributed by atoms with Crippen LogP contribution in [0.15, 0.2) is 17.1 Å². The van der Waals surface area contributed by atoms with E-state index in [9.17, 15) is 19.1 Å². The Balaban J connectivity index is 1.80. The lowest BCUT2D eigenvalue weighted by Crippen LogP contribution is -2.30. The fourth-order valence-electron chi connectivity index (χ4n) is 4.19. The van der Waals surface area contributed by atoms with Gasteiger partial charge in [0.05, 0.1) is 18.0 Å². The third-order valence-corrected chi connectivity index (χ3v) is 5.94. The number of carboxylic acid groups (broad SMARTS) is 1. The van der Waals surface area contributed by atoms with Crippen LogP contribution < -0.4 is 20.4 Å². The van der Waals surface area contributed by atoms with E-state index in [1.807, 2.05) is 0 Å². The summed E-state index contributed by atoms with van der Waals surface area (Å²) in [6.45, 7) is 3.01. The molecule has 30 heavy (non-hydrogen) atoms. The minimum Gasteiger partial charge on any atom is -0.492 e.